The molecule has 2 aromatic carbocycles. The number of piperazine rings is 1. The van der Waals surface area contributed by atoms with Gasteiger partial charge in [0.15, 0.2) is 0 Å². The van der Waals surface area contributed by atoms with Crippen LogP contribution in [0.2, 0.25) is 0 Å². The van der Waals surface area contributed by atoms with Crippen LogP contribution < -0.4 is 0 Å². The fraction of sp³-hybridized carbons (Fsp3) is 0.292. The molecule has 1 fully saturated rings. The van der Waals surface area contributed by atoms with Crippen molar-refractivity contribution in [1.82, 2.24) is 9.80 Å². The maximum absolute atomic E-state index is 11.1. The van der Waals surface area contributed by atoms with Crippen LogP contribution in [0.1, 0.15) is 39.0 Å². The van der Waals surface area contributed by atoms with Gasteiger partial charge in [0.2, 0.25) is 5.76 Å². The Hall–Kier alpha value is -2.89. The van der Waals surface area contributed by atoms with E-state index in [-0.39, 0.29) is 11.8 Å². The second kappa shape index (κ2) is 8.64. The zero-order chi connectivity index (χ0) is 20.2. The standard InChI is InChI=1S/C24H26N2O3/c1-18-21(16-22(29-18)24(27)28)17-25-12-14-26(15-13-25)23(19-8-4-2-5-9-19)20-10-6-3-7-11-20/h2-11,16,23H,12-15,17H2,1H3,(H,27,28). The molecule has 0 amide bonds. The molecule has 5 heteroatoms. The summed E-state index contributed by atoms with van der Waals surface area (Å²) in [6, 6.07) is 23.2. The Labute approximate surface area is 171 Å². The number of nitrogens with zero attached hydrogens (tertiary/aromatic N) is 2. The van der Waals surface area contributed by atoms with Crippen molar-refractivity contribution in [2.75, 3.05) is 26.2 Å². The molecule has 0 atom stereocenters. The first-order chi connectivity index (χ1) is 14.1. The number of furan rings is 1. The van der Waals surface area contributed by atoms with Gasteiger partial charge in [-0.05, 0) is 24.1 Å². The smallest absolute Gasteiger partial charge is 0.371 e. The SMILES string of the molecule is Cc1oc(C(=O)O)cc1CN1CCN(C(c2ccccc2)c2ccccc2)CC1. The third-order valence-corrected chi connectivity index (χ3v) is 5.63. The maximum atomic E-state index is 11.1. The fourth-order valence-corrected chi connectivity index (χ4v) is 4.09. The summed E-state index contributed by atoms with van der Waals surface area (Å²) < 4.78 is 5.36. The highest BCUT2D eigenvalue weighted by molar-refractivity contribution is 5.84. The minimum Gasteiger partial charge on any atom is -0.475 e. The van der Waals surface area contributed by atoms with Crippen LogP contribution in [0.4, 0.5) is 0 Å². The first-order valence-electron chi connectivity index (χ1n) is 10.0. The number of carbonyl (C=O) groups is 1. The van der Waals surface area contributed by atoms with Crippen molar-refractivity contribution in [3.05, 3.63) is 94.9 Å². The zero-order valence-electron chi connectivity index (χ0n) is 16.6. The minimum atomic E-state index is -1.02. The fourth-order valence-electron chi connectivity index (χ4n) is 4.09. The van der Waals surface area contributed by atoms with E-state index in [4.69, 9.17) is 9.52 Å². The van der Waals surface area contributed by atoms with E-state index in [0.717, 1.165) is 38.3 Å². The van der Waals surface area contributed by atoms with Crippen molar-refractivity contribution in [3.8, 4) is 0 Å². The summed E-state index contributed by atoms with van der Waals surface area (Å²) in [6.45, 7) is 6.33. The monoisotopic (exact) mass is 390 g/mol. The van der Waals surface area contributed by atoms with Gasteiger partial charge in [0, 0.05) is 38.3 Å². The number of hydrogen-bond donors (Lipinski definition) is 1. The zero-order valence-corrected chi connectivity index (χ0v) is 16.6. The van der Waals surface area contributed by atoms with E-state index < -0.39 is 5.97 Å². The van der Waals surface area contributed by atoms with Gasteiger partial charge in [-0.1, -0.05) is 60.7 Å². The second-order valence-electron chi connectivity index (χ2n) is 7.53. The second-order valence-corrected chi connectivity index (χ2v) is 7.53. The molecule has 3 aromatic rings. The first kappa shape index (κ1) is 19.4. The largest absolute Gasteiger partial charge is 0.475 e. The number of rotatable bonds is 6. The van der Waals surface area contributed by atoms with Crippen molar-refractivity contribution >= 4 is 5.97 Å². The lowest BCUT2D eigenvalue weighted by molar-refractivity contribution is 0.0661. The summed E-state index contributed by atoms with van der Waals surface area (Å²) in [5.41, 5.74) is 3.58. The Morgan fingerprint density at radius 2 is 1.52 bits per heavy atom. The highest BCUT2D eigenvalue weighted by atomic mass is 16.4. The molecule has 1 saturated heterocycles. The van der Waals surface area contributed by atoms with E-state index in [2.05, 4.69) is 70.5 Å². The van der Waals surface area contributed by atoms with Crippen molar-refractivity contribution < 1.29 is 14.3 Å². The maximum Gasteiger partial charge on any atom is 0.371 e. The highest BCUT2D eigenvalue weighted by Crippen LogP contribution is 2.29. The van der Waals surface area contributed by atoms with Crippen molar-refractivity contribution in [2.24, 2.45) is 0 Å². The van der Waals surface area contributed by atoms with Gasteiger partial charge in [-0.15, -0.1) is 0 Å². The Balaban J connectivity index is 1.46. The molecule has 1 aliphatic heterocycles. The average molecular weight is 390 g/mol. The number of aryl methyl sites for hydroxylation is 1. The van der Waals surface area contributed by atoms with Gasteiger partial charge in [0.25, 0.3) is 0 Å². The molecule has 0 spiro atoms. The summed E-state index contributed by atoms with van der Waals surface area (Å²) in [5, 5.41) is 9.13. The van der Waals surface area contributed by atoms with E-state index in [1.165, 1.54) is 11.1 Å². The van der Waals surface area contributed by atoms with E-state index in [9.17, 15) is 4.79 Å². The van der Waals surface area contributed by atoms with Crippen LogP contribution in [0.5, 0.6) is 0 Å². The van der Waals surface area contributed by atoms with Crippen LogP contribution in [-0.2, 0) is 6.54 Å². The van der Waals surface area contributed by atoms with Crippen LogP contribution in [0, 0.1) is 6.92 Å². The van der Waals surface area contributed by atoms with E-state index in [1.807, 2.05) is 6.92 Å². The summed E-state index contributed by atoms with van der Waals surface area (Å²) in [6.07, 6.45) is 0. The highest BCUT2D eigenvalue weighted by Gasteiger charge is 2.27. The van der Waals surface area contributed by atoms with Gasteiger partial charge in [-0.2, -0.15) is 0 Å². The molecular formula is C24H26N2O3. The summed E-state index contributed by atoms with van der Waals surface area (Å²) in [4.78, 5) is 16.0. The number of carboxylic acids is 1. The molecule has 1 aromatic heterocycles. The lowest BCUT2D eigenvalue weighted by atomic mass is 9.96. The van der Waals surface area contributed by atoms with Gasteiger partial charge in [-0.3, -0.25) is 9.80 Å². The molecule has 0 unspecified atom stereocenters. The third kappa shape index (κ3) is 4.42. The predicted molar refractivity (Wildman–Crippen MR) is 112 cm³/mol. The molecule has 2 heterocycles. The van der Waals surface area contributed by atoms with Gasteiger partial charge in [0.1, 0.15) is 5.76 Å². The summed E-state index contributed by atoms with van der Waals surface area (Å²) in [7, 11) is 0. The van der Waals surface area contributed by atoms with E-state index >= 15 is 0 Å². The number of hydrogen-bond acceptors (Lipinski definition) is 4. The number of aromatic carboxylic acids is 1. The Morgan fingerprint density at radius 1 is 0.966 bits per heavy atom. The quantitative estimate of drug-likeness (QED) is 0.684. The lowest BCUT2D eigenvalue weighted by Crippen LogP contribution is -2.47. The van der Waals surface area contributed by atoms with Crippen molar-refractivity contribution in [3.63, 3.8) is 0 Å². The van der Waals surface area contributed by atoms with Crippen LogP contribution in [-0.4, -0.2) is 47.1 Å². The topological polar surface area (TPSA) is 56.9 Å². The van der Waals surface area contributed by atoms with Crippen molar-refractivity contribution in [2.45, 2.75) is 19.5 Å². The van der Waals surface area contributed by atoms with Crippen LogP contribution >= 0.6 is 0 Å². The lowest BCUT2D eigenvalue weighted by Gasteiger charge is -2.39. The molecular weight excluding hydrogens is 364 g/mol. The molecule has 0 saturated carbocycles. The predicted octanol–water partition coefficient (Wildman–Crippen LogP) is 4.19. The summed E-state index contributed by atoms with van der Waals surface area (Å²) >= 11 is 0. The average Bonchev–Trinajstić information content (AvgIpc) is 3.12. The molecule has 5 nitrogen and oxygen atoms in total. The Morgan fingerprint density at radius 3 is 2.00 bits per heavy atom. The minimum absolute atomic E-state index is 0.0179. The van der Waals surface area contributed by atoms with Gasteiger partial charge in [0.05, 0.1) is 6.04 Å². The van der Waals surface area contributed by atoms with Crippen LogP contribution in [0.25, 0.3) is 0 Å². The molecule has 0 aliphatic carbocycles. The van der Waals surface area contributed by atoms with Gasteiger partial charge < -0.3 is 9.52 Å². The number of benzene rings is 2. The Bertz CT molecular complexity index is 905. The molecule has 1 aliphatic rings. The van der Waals surface area contributed by atoms with Crippen LogP contribution in [0.15, 0.2) is 71.1 Å². The molecule has 0 radical (unpaired) electrons. The molecule has 1 N–H and O–H groups in total. The van der Waals surface area contributed by atoms with E-state index in [1.54, 1.807) is 6.07 Å². The summed E-state index contributed by atoms with van der Waals surface area (Å²) in [5.74, 6) is -0.307. The van der Waals surface area contributed by atoms with Gasteiger partial charge in [-0.25, -0.2) is 4.79 Å². The molecule has 150 valence electrons. The number of carboxylic acid groups (broad SMARTS) is 1. The third-order valence-electron chi connectivity index (χ3n) is 5.63. The normalized spacial score (nSPS) is 15.7. The molecule has 0 bridgehead atoms. The first-order valence-corrected chi connectivity index (χ1v) is 10.0. The van der Waals surface area contributed by atoms with Gasteiger partial charge >= 0.3 is 5.97 Å². The molecule has 29 heavy (non-hydrogen) atoms. The van der Waals surface area contributed by atoms with Crippen LogP contribution in [0.3, 0.4) is 0 Å². The van der Waals surface area contributed by atoms with E-state index in [0.29, 0.717) is 5.76 Å². The molecule has 4 rings (SSSR count). The van der Waals surface area contributed by atoms with Crippen molar-refractivity contribution in [1.29, 1.82) is 0 Å². The Kier molecular flexibility index (Phi) is 5.79.